The van der Waals surface area contributed by atoms with Gasteiger partial charge in [0, 0.05) is 32.3 Å². The molecule has 0 radical (unpaired) electrons. The van der Waals surface area contributed by atoms with Gasteiger partial charge in [-0.1, -0.05) is 6.92 Å². The standard InChI is InChI=1S/C15H32N2O2/c1-6-17(9-10-18-5)12-14-8-7-13(19-14)11-16-15(2,3)4/h13-14,16H,6-12H2,1-5H3. The van der Waals surface area contributed by atoms with E-state index in [1.807, 2.05) is 0 Å². The fourth-order valence-corrected chi connectivity index (χ4v) is 2.37. The molecule has 114 valence electrons. The summed E-state index contributed by atoms with van der Waals surface area (Å²) in [4.78, 5) is 2.41. The van der Waals surface area contributed by atoms with Crippen molar-refractivity contribution in [3.63, 3.8) is 0 Å². The zero-order valence-corrected chi connectivity index (χ0v) is 13.4. The molecule has 0 aromatic rings. The Morgan fingerprint density at radius 3 is 2.53 bits per heavy atom. The van der Waals surface area contributed by atoms with Crippen LogP contribution in [0, 0.1) is 0 Å². The van der Waals surface area contributed by atoms with Crippen molar-refractivity contribution in [1.82, 2.24) is 10.2 Å². The lowest BCUT2D eigenvalue weighted by molar-refractivity contribution is 0.0176. The number of nitrogens with zero attached hydrogens (tertiary/aromatic N) is 1. The van der Waals surface area contributed by atoms with E-state index >= 15 is 0 Å². The predicted octanol–water partition coefficient (Wildman–Crippen LogP) is 1.89. The molecular weight excluding hydrogens is 240 g/mol. The summed E-state index contributed by atoms with van der Waals surface area (Å²) in [5.41, 5.74) is 0.176. The smallest absolute Gasteiger partial charge is 0.0707 e. The second-order valence-electron chi connectivity index (χ2n) is 6.47. The van der Waals surface area contributed by atoms with Gasteiger partial charge in [-0.3, -0.25) is 4.90 Å². The molecule has 0 aromatic carbocycles. The highest BCUT2D eigenvalue weighted by molar-refractivity contribution is 4.80. The topological polar surface area (TPSA) is 33.7 Å². The number of ether oxygens (including phenoxy) is 2. The molecule has 1 aliphatic rings. The number of hydrogen-bond donors (Lipinski definition) is 1. The van der Waals surface area contributed by atoms with Gasteiger partial charge in [0.25, 0.3) is 0 Å². The second-order valence-corrected chi connectivity index (χ2v) is 6.47. The maximum atomic E-state index is 6.12. The molecule has 1 saturated heterocycles. The Hall–Kier alpha value is -0.160. The Bertz CT molecular complexity index is 241. The molecule has 2 atom stereocenters. The van der Waals surface area contributed by atoms with Gasteiger partial charge in [0.15, 0.2) is 0 Å². The van der Waals surface area contributed by atoms with E-state index < -0.39 is 0 Å². The number of methoxy groups -OCH3 is 1. The lowest BCUT2D eigenvalue weighted by Gasteiger charge is -2.25. The van der Waals surface area contributed by atoms with Gasteiger partial charge < -0.3 is 14.8 Å². The lowest BCUT2D eigenvalue weighted by Crippen LogP contribution is -2.41. The molecule has 0 aliphatic carbocycles. The molecule has 4 heteroatoms. The maximum Gasteiger partial charge on any atom is 0.0707 e. The fraction of sp³-hybridized carbons (Fsp3) is 1.00. The summed E-state index contributed by atoms with van der Waals surface area (Å²) >= 11 is 0. The van der Waals surface area contributed by atoms with Crippen LogP contribution < -0.4 is 5.32 Å². The van der Waals surface area contributed by atoms with E-state index in [1.165, 1.54) is 12.8 Å². The van der Waals surface area contributed by atoms with Crippen LogP contribution in [0.5, 0.6) is 0 Å². The van der Waals surface area contributed by atoms with Crippen molar-refractivity contribution in [2.24, 2.45) is 0 Å². The number of rotatable bonds is 8. The first kappa shape index (κ1) is 16.9. The number of hydrogen-bond acceptors (Lipinski definition) is 4. The molecule has 2 unspecified atom stereocenters. The minimum absolute atomic E-state index is 0.176. The zero-order chi connectivity index (χ0) is 14.3. The van der Waals surface area contributed by atoms with Crippen LogP contribution in [0.3, 0.4) is 0 Å². The normalized spacial score (nSPS) is 24.3. The molecule has 1 fully saturated rings. The van der Waals surface area contributed by atoms with Gasteiger partial charge >= 0.3 is 0 Å². The zero-order valence-electron chi connectivity index (χ0n) is 13.4. The molecule has 0 saturated carbocycles. The summed E-state index contributed by atoms with van der Waals surface area (Å²) in [6, 6.07) is 0. The van der Waals surface area contributed by atoms with Gasteiger partial charge in [0.1, 0.15) is 0 Å². The molecule has 0 amide bonds. The van der Waals surface area contributed by atoms with Crippen LogP contribution in [0.25, 0.3) is 0 Å². The van der Waals surface area contributed by atoms with Gasteiger partial charge in [-0.15, -0.1) is 0 Å². The van der Waals surface area contributed by atoms with Crippen molar-refractivity contribution in [3.05, 3.63) is 0 Å². The summed E-state index contributed by atoms with van der Waals surface area (Å²) in [5, 5.41) is 3.53. The highest BCUT2D eigenvalue weighted by Crippen LogP contribution is 2.20. The average molecular weight is 272 g/mol. The average Bonchev–Trinajstić information content (AvgIpc) is 2.79. The molecule has 1 N–H and O–H groups in total. The van der Waals surface area contributed by atoms with Gasteiger partial charge in [0.05, 0.1) is 18.8 Å². The highest BCUT2D eigenvalue weighted by atomic mass is 16.5. The first-order valence-corrected chi connectivity index (χ1v) is 7.56. The van der Waals surface area contributed by atoms with Crippen molar-refractivity contribution in [3.8, 4) is 0 Å². The van der Waals surface area contributed by atoms with E-state index in [2.05, 4.69) is 37.9 Å². The maximum absolute atomic E-state index is 6.12. The second kappa shape index (κ2) is 8.20. The van der Waals surface area contributed by atoms with E-state index in [1.54, 1.807) is 7.11 Å². The molecule has 0 bridgehead atoms. The SMILES string of the molecule is CCN(CCOC)CC1CCC(CNC(C)(C)C)O1. The molecule has 19 heavy (non-hydrogen) atoms. The van der Waals surface area contributed by atoms with E-state index in [0.717, 1.165) is 32.8 Å². The Kier molecular flexibility index (Phi) is 7.29. The summed E-state index contributed by atoms with van der Waals surface area (Å²) < 4.78 is 11.3. The summed E-state index contributed by atoms with van der Waals surface area (Å²) in [5.74, 6) is 0. The van der Waals surface area contributed by atoms with Crippen LogP contribution in [0.4, 0.5) is 0 Å². The summed E-state index contributed by atoms with van der Waals surface area (Å²) in [6.45, 7) is 13.6. The Labute approximate surface area is 118 Å². The number of nitrogens with one attached hydrogen (secondary N) is 1. The van der Waals surface area contributed by atoms with Crippen molar-refractivity contribution >= 4 is 0 Å². The molecule has 0 spiro atoms. The van der Waals surface area contributed by atoms with Crippen molar-refractivity contribution < 1.29 is 9.47 Å². The number of likely N-dealkylation sites (N-methyl/N-ethyl adjacent to an activating group) is 1. The predicted molar refractivity (Wildman–Crippen MR) is 79.6 cm³/mol. The summed E-state index contributed by atoms with van der Waals surface area (Å²) in [7, 11) is 1.76. The van der Waals surface area contributed by atoms with E-state index in [4.69, 9.17) is 9.47 Å². The molecule has 1 rings (SSSR count). The first-order valence-electron chi connectivity index (χ1n) is 7.56. The molecular formula is C15H32N2O2. The summed E-state index contributed by atoms with van der Waals surface area (Å²) in [6.07, 6.45) is 3.13. The van der Waals surface area contributed by atoms with Gasteiger partial charge in [-0.25, -0.2) is 0 Å². The van der Waals surface area contributed by atoms with Crippen LogP contribution in [0.1, 0.15) is 40.5 Å². The fourth-order valence-electron chi connectivity index (χ4n) is 2.37. The van der Waals surface area contributed by atoms with Crippen LogP contribution in [0.2, 0.25) is 0 Å². The Morgan fingerprint density at radius 1 is 1.26 bits per heavy atom. The van der Waals surface area contributed by atoms with Crippen molar-refractivity contribution in [2.75, 3.05) is 39.9 Å². The van der Waals surface area contributed by atoms with E-state index in [9.17, 15) is 0 Å². The third-order valence-electron chi connectivity index (χ3n) is 3.58. The van der Waals surface area contributed by atoms with Crippen LogP contribution in [0.15, 0.2) is 0 Å². The third kappa shape index (κ3) is 7.25. The first-order chi connectivity index (χ1) is 8.94. The third-order valence-corrected chi connectivity index (χ3v) is 3.58. The van der Waals surface area contributed by atoms with Gasteiger partial charge in [-0.05, 0) is 40.2 Å². The van der Waals surface area contributed by atoms with Crippen LogP contribution in [-0.4, -0.2) is 62.5 Å². The molecule has 4 nitrogen and oxygen atoms in total. The highest BCUT2D eigenvalue weighted by Gasteiger charge is 2.27. The van der Waals surface area contributed by atoms with E-state index in [0.29, 0.717) is 12.2 Å². The van der Waals surface area contributed by atoms with Gasteiger partial charge in [0.2, 0.25) is 0 Å². The molecule has 1 aliphatic heterocycles. The minimum atomic E-state index is 0.176. The molecule has 1 heterocycles. The minimum Gasteiger partial charge on any atom is -0.383 e. The van der Waals surface area contributed by atoms with Crippen LogP contribution in [-0.2, 0) is 9.47 Å². The van der Waals surface area contributed by atoms with Crippen molar-refractivity contribution in [1.29, 1.82) is 0 Å². The van der Waals surface area contributed by atoms with Crippen molar-refractivity contribution in [2.45, 2.75) is 58.3 Å². The Morgan fingerprint density at radius 2 is 1.95 bits per heavy atom. The van der Waals surface area contributed by atoms with Crippen LogP contribution >= 0.6 is 0 Å². The van der Waals surface area contributed by atoms with E-state index in [-0.39, 0.29) is 5.54 Å². The quantitative estimate of drug-likeness (QED) is 0.731. The lowest BCUT2D eigenvalue weighted by atomic mass is 10.1. The Balaban J connectivity index is 2.23. The monoisotopic (exact) mass is 272 g/mol. The largest absolute Gasteiger partial charge is 0.383 e. The van der Waals surface area contributed by atoms with Gasteiger partial charge in [-0.2, -0.15) is 0 Å². The molecule has 0 aromatic heterocycles.